The summed E-state index contributed by atoms with van der Waals surface area (Å²) in [4.78, 5) is 28.1. The second-order valence-electron chi connectivity index (χ2n) is 6.63. The second kappa shape index (κ2) is 7.03. The predicted octanol–water partition coefficient (Wildman–Crippen LogP) is 2.99. The first-order valence-electron chi connectivity index (χ1n) is 8.47. The smallest absolute Gasteiger partial charge is 0.291 e. The van der Waals surface area contributed by atoms with Crippen LogP contribution in [0.1, 0.15) is 55.6 Å². The van der Waals surface area contributed by atoms with Gasteiger partial charge in [0.1, 0.15) is 5.69 Å². The molecule has 0 saturated heterocycles. The lowest BCUT2D eigenvalue weighted by atomic mass is 9.84. The van der Waals surface area contributed by atoms with Crippen LogP contribution in [0.25, 0.3) is 0 Å². The molecule has 1 unspecified atom stereocenters. The molecule has 1 aliphatic heterocycles. The lowest BCUT2D eigenvalue weighted by molar-refractivity contribution is -0.115. The Hall–Kier alpha value is -2.37. The number of nitrogens with one attached hydrogen (secondary N) is 1. The monoisotopic (exact) mass is 326 g/mol. The first kappa shape index (κ1) is 16.5. The Morgan fingerprint density at radius 2 is 2.12 bits per heavy atom. The summed E-state index contributed by atoms with van der Waals surface area (Å²) in [6, 6.07) is 3.66. The van der Waals surface area contributed by atoms with Crippen molar-refractivity contribution in [1.82, 2.24) is 10.3 Å². The third-order valence-corrected chi connectivity index (χ3v) is 4.36. The van der Waals surface area contributed by atoms with Crippen LogP contribution in [-0.4, -0.2) is 28.9 Å². The number of nitrogens with zero attached hydrogens (tertiary/aromatic N) is 3. The topological polar surface area (TPSA) is 83.8 Å². The Bertz CT molecular complexity index is 721. The minimum absolute atomic E-state index is 0.0658. The minimum atomic E-state index is -0.176. The molecule has 2 heterocycles. The highest BCUT2D eigenvalue weighted by Gasteiger charge is 2.29. The zero-order valence-electron chi connectivity index (χ0n) is 14.1. The SMILES string of the molecule is CC(C)NC(=O)c1cc(CC2N=NC(=O)C3=C2CCCC3)ccn1. The van der Waals surface area contributed by atoms with Crippen molar-refractivity contribution in [2.24, 2.45) is 10.2 Å². The van der Waals surface area contributed by atoms with Gasteiger partial charge in [-0.1, -0.05) is 0 Å². The van der Waals surface area contributed by atoms with E-state index in [9.17, 15) is 9.59 Å². The highest BCUT2D eigenvalue weighted by molar-refractivity contribution is 5.95. The fourth-order valence-corrected chi connectivity index (χ4v) is 3.24. The summed E-state index contributed by atoms with van der Waals surface area (Å²) in [6.07, 6.45) is 6.14. The fourth-order valence-electron chi connectivity index (χ4n) is 3.24. The second-order valence-corrected chi connectivity index (χ2v) is 6.63. The molecular weight excluding hydrogens is 304 g/mol. The molecule has 0 spiro atoms. The van der Waals surface area contributed by atoms with Gasteiger partial charge in [-0.15, -0.1) is 5.11 Å². The molecule has 1 atom stereocenters. The molecule has 0 aromatic carbocycles. The van der Waals surface area contributed by atoms with Crippen LogP contribution in [0, 0.1) is 0 Å². The van der Waals surface area contributed by atoms with Crippen molar-refractivity contribution in [2.75, 3.05) is 0 Å². The Kier molecular flexibility index (Phi) is 4.83. The van der Waals surface area contributed by atoms with E-state index in [-0.39, 0.29) is 23.9 Å². The molecule has 2 amide bonds. The van der Waals surface area contributed by atoms with Gasteiger partial charge in [-0.05, 0) is 62.8 Å². The first-order valence-corrected chi connectivity index (χ1v) is 8.47. The van der Waals surface area contributed by atoms with Gasteiger partial charge in [0, 0.05) is 24.2 Å². The number of amides is 2. The maximum Gasteiger partial charge on any atom is 0.291 e. The summed E-state index contributed by atoms with van der Waals surface area (Å²) in [7, 11) is 0. The van der Waals surface area contributed by atoms with Crippen LogP contribution >= 0.6 is 0 Å². The number of hydrogen-bond donors (Lipinski definition) is 1. The molecule has 0 radical (unpaired) electrons. The lowest BCUT2D eigenvalue weighted by Crippen LogP contribution is -2.31. The van der Waals surface area contributed by atoms with Gasteiger partial charge in [0.2, 0.25) is 0 Å². The molecule has 0 bridgehead atoms. The molecule has 1 aliphatic carbocycles. The highest BCUT2D eigenvalue weighted by atomic mass is 16.2. The van der Waals surface area contributed by atoms with E-state index in [1.165, 1.54) is 0 Å². The molecule has 0 fully saturated rings. The number of pyridine rings is 1. The van der Waals surface area contributed by atoms with Crippen LogP contribution in [0.15, 0.2) is 39.7 Å². The van der Waals surface area contributed by atoms with Crippen LogP contribution in [0.2, 0.25) is 0 Å². The van der Waals surface area contributed by atoms with Gasteiger partial charge in [-0.25, -0.2) is 0 Å². The summed E-state index contributed by atoms with van der Waals surface area (Å²) in [5.74, 6) is -0.349. The number of azo groups is 1. The van der Waals surface area contributed by atoms with Crippen molar-refractivity contribution in [2.45, 2.75) is 58.0 Å². The fraction of sp³-hybridized carbons (Fsp3) is 0.500. The van der Waals surface area contributed by atoms with Gasteiger partial charge in [0.15, 0.2) is 0 Å². The van der Waals surface area contributed by atoms with Crippen LogP contribution < -0.4 is 5.32 Å². The summed E-state index contributed by atoms with van der Waals surface area (Å²) in [6.45, 7) is 3.83. The molecule has 126 valence electrons. The third-order valence-electron chi connectivity index (χ3n) is 4.36. The zero-order valence-corrected chi connectivity index (χ0v) is 14.1. The summed E-state index contributed by atoms with van der Waals surface area (Å²) < 4.78 is 0. The van der Waals surface area contributed by atoms with Gasteiger partial charge in [0.25, 0.3) is 11.8 Å². The van der Waals surface area contributed by atoms with Gasteiger partial charge in [0.05, 0.1) is 6.04 Å². The number of hydrogen-bond acceptors (Lipinski definition) is 4. The molecular formula is C18H22N4O2. The van der Waals surface area contributed by atoms with Crippen LogP contribution in [0.3, 0.4) is 0 Å². The van der Waals surface area contributed by atoms with E-state index in [2.05, 4.69) is 20.5 Å². The maximum absolute atomic E-state index is 12.1. The molecule has 1 aromatic rings. The Morgan fingerprint density at radius 3 is 2.92 bits per heavy atom. The van der Waals surface area contributed by atoms with Crippen molar-refractivity contribution >= 4 is 11.8 Å². The van der Waals surface area contributed by atoms with Gasteiger partial charge in [-0.3, -0.25) is 14.6 Å². The summed E-state index contributed by atoms with van der Waals surface area (Å²) in [5.41, 5.74) is 3.37. The zero-order chi connectivity index (χ0) is 17.1. The largest absolute Gasteiger partial charge is 0.349 e. The lowest BCUT2D eigenvalue weighted by Gasteiger charge is -2.25. The van der Waals surface area contributed by atoms with Crippen molar-refractivity contribution < 1.29 is 9.59 Å². The minimum Gasteiger partial charge on any atom is -0.349 e. The van der Waals surface area contributed by atoms with E-state index < -0.39 is 0 Å². The molecule has 3 rings (SSSR count). The maximum atomic E-state index is 12.1. The van der Waals surface area contributed by atoms with E-state index in [0.717, 1.165) is 42.4 Å². The average molecular weight is 326 g/mol. The van der Waals surface area contributed by atoms with Gasteiger partial charge in [-0.2, -0.15) is 5.11 Å². The van der Waals surface area contributed by atoms with Crippen molar-refractivity contribution in [1.29, 1.82) is 0 Å². The van der Waals surface area contributed by atoms with Gasteiger partial charge >= 0.3 is 0 Å². The number of rotatable bonds is 4. The normalized spacial score (nSPS) is 20.3. The van der Waals surface area contributed by atoms with Crippen LogP contribution in [0.4, 0.5) is 0 Å². The molecule has 24 heavy (non-hydrogen) atoms. The van der Waals surface area contributed by atoms with Gasteiger partial charge < -0.3 is 5.32 Å². The van der Waals surface area contributed by atoms with E-state index in [0.29, 0.717) is 12.1 Å². The predicted molar refractivity (Wildman–Crippen MR) is 89.7 cm³/mol. The number of aromatic nitrogens is 1. The standard InChI is InChI=1S/C18H22N4O2/c1-11(2)20-18(24)16-10-12(7-8-19-16)9-15-13-5-3-4-6-14(13)17(23)22-21-15/h7-8,10-11,15H,3-6,9H2,1-2H3,(H,20,24). The number of carbonyl (C=O) groups excluding carboxylic acids is 2. The summed E-state index contributed by atoms with van der Waals surface area (Å²) in [5, 5.41) is 10.9. The van der Waals surface area contributed by atoms with E-state index in [1.807, 2.05) is 19.9 Å². The Labute approximate surface area is 141 Å². The van der Waals surface area contributed by atoms with E-state index >= 15 is 0 Å². The van der Waals surface area contributed by atoms with Crippen molar-refractivity contribution in [3.8, 4) is 0 Å². The van der Waals surface area contributed by atoms with Crippen LogP contribution in [-0.2, 0) is 11.2 Å². The molecule has 2 aliphatic rings. The third kappa shape index (κ3) is 3.58. The molecule has 6 heteroatoms. The van der Waals surface area contributed by atoms with E-state index in [1.54, 1.807) is 12.3 Å². The molecule has 6 nitrogen and oxygen atoms in total. The molecule has 0 saturated carbocycles. The van der Waals surface area contributed by atoms with Crippen LogP contribution in [0.5, 0.6) is 0 Å². The first-order chi connectivity index (χ1) is 11.5. The van der Waals surface area contributed by atoms with E-state index in [4.69, 9.17) is 0 Å². The molecule has 1 aromatic heterocycles. The Balaban J connectivity index is 1.79. The summed E-state index contributed by atoms with van der Waals surface area (Å²) >= 11 is 0. The van der Waals surface area contributed by atoms with Crippen molar-refractivity contribution in [3.63, 3.8) is 0 Å². The highest BCUT2D eigenvalue weighted by Crippen LogP contribution is 2.33. The Morgan fingerprint density at radius 1 is 1.33 bits per heavy atom. The van der Waals surface area contributed by atoms with Crippen molar-refractivity contribution in [3.05, 3.63) is 40.7 Å². The molecule has 1 N–H and O–H groups in total. The quantitative estimate of drug-likeness (QED) is 0.923. The number of carbonyl (C=O) groups is 2. The average Bonchev–Trinajstić information content (AvgIpc) is 2.57.